The molecule has 1 saturated heterocycles. The van der Waals surface area contributed by atoms with Crippen LogP contribution in [0.3, 0.4) is 0 Å². The fraction of sp³-hybridized carbons (Fsp3) is 0.600. The van der Waals surface area contributed by atoms with E-state index in [1.54, 1.807) is 0 Å². The van der Waals surface area contributed by atoms with E-state index in [1.807, 2.05) is 0 Å². The number of rotatable bonds is 5. The van der Waals surface area contributed by atoms with Crippen LogP contribution in [-0.4, -0.2) is 18.8 Å². The summed E-state index contributed by atoms with van der Waals surface area (Å²) in [5, 5.41) is 3.48. The number of hydrogen-bond acceptors (Lipinski definition) is 2. The van der Waals surface area contributed by atoms with Gasteiger partial charge in [0.15, 0.2) is 0 Å². The molecule has 1 fully saturated rings. The Kier molecular flexibility index (Phi) is 4.57. The van der Waals surface area contributed by atoms with E-state index in [0.717, 1.165) is 19.5 Å². The van der Waals surface area contributed by atoms with Gasteiger partial charge in [0, 0.05) is 13.1 Å². The standard InChI is InChI=1S/C15H23NO/c1-3-13-5-7-14(8-6-13)10-16-11-15-9-4-12(2)17-15/h5-8,12,15-16H,3-4,9-11H2,1-2H3. The zero-order chi connectivity index (χ0) is 12.1. The highest BCUT2D eigenvalue weighted by molar-refractivity contribution is 5.22. The Morgan fingerprint density at radius 2 is 1.88 bits per heavy atom. The molecule has 2 nitrogen and oxygen atoms in total. The molecule has 0 amide bonds. The minimum absolute atomic E-state index is 0.417. The fourth-order valence-corrected chi connectivity index (χ4v) is 2.31. The molecule has 1 aromatic carbocycles. The van der Waals surface area contributed by atoms with E-state index in [-0.39, 0.29) is 0 Å². The summed E-state index contributed by atoms with van der Waals surface area (Å²) in [5.41, 5.74) is 2.76. The monoisotopic (exact) mass is 233 g/mol. The summed E-state index contributed by atoms with van der Waals surface area (Å²) in [6.45, 7) is 6.26. The zero-order valence-electron chi connectivity index (χ0n) is 10.9. The van der Waals surface area contributed by atoms with Crippen molar-refractivity contribution < 1.29 is 4.74 Å². The van der Waals surface area contributed by atoms with Gasteiger partial charge in [0.1, 0.15) is 0 Å². The Balaban J connectivity index is 1.70. The molecule has 1 N–H and O–H groups in total. The number of aryl methyl sites for hydroxylation is 1. The first-order valence-electron chi connectivity index (χ1n) is 6.72. The van der Waals surface area contributed by atoms with E-state index in [1.165, 1.54) is 24.0 Å². The third-order valence-corrected chi connectivity index (χ3v) is 3.45. The smallest absolute Gasteiger partial charge is 0.0704 e. The average molecular weight is 233 g/mol. The lowest BCUT2D eigenvalue weighted by atomic mass is 10.1. The van der Waals surface area contributed by atoms with E-state index in [4.69, 9.17) is 4.74 Å². The van der Waals surface area contributed by atoms with Crippen molar-refractivity contribution in [3.63, 3.8) is 0 Å². The Labute approximate surface area is 104 Å². The largest absolute Gasteiger partial charge is 0.374 e. The summed E-state index contributed by atoms with van der Waals surface area (Å²) in [4.78, 5) is 0. The second-order valence-corrected chi connectivity index (χ2v) is 4.95. The van der Waals surface area contributed by atoms with Gasteiger partial charge in [0.2, 0.25) is 0 Å². The van der Waals surface area contributed by atoms with Crippen LogP contribution in [0.5, 0.6) is 0 Å². The maximum Gasteiger partial charge on any atom is 0.0704 e. The normalized spacial score (nSPS) is 24.1. The molecule has 2 unspecified atom stereocenters. The Bertz CT molecular complexity index is 333. The molecule has 2 rings (SSSR count). The third-order valence-electron chi connectivity index (χ3n) is 3.45. The quantitative estimate of drug-likeness (QED) is 0.844. The summed E-state index contributed by atoms with van der Waals surface area (Å²) in [5.74, 6) is 0. The summed E-state index contributed by atoms with van der Waals surface area (Å²) < 4.78 is 5.77. The van der Waals surface area contributed by atoms with Crippen molar-refractivity contribution in [2.45, 2.75) is 51.9 Å². The zero-order valence-corrected chi connectivity index (χ0v) is 10.9. The van der Waals surface area contributed by atoms with Crippen molar-refractivity contribution in [3.8, 4) is 0 Å². The van der Waals surface area contributed by atoms with Crippen molar-refractivity contribution in [1.29, 1.82) is 0 Å². The van der Waals surface area contributed by atoms with Gasteiger partial charge in [-0.2, -0.15) is 0 Å². The van der Waals surface area contributed by atoms with Crippen LogP contribution in [0.1, 0.15) is 37.8 Å². The summed E-state index contributed by atoms with van der Waals surface area (Å²) in [6.07, 6.45) is 4.38. The number of nitrogens with one attached hydrogen (secondary N) is 1. The van der Waals surface area contributed by atoms with Crippen LogP contribution in [0, 0.1) is 0 Å². The van der Waals surface area contributed by atoms with Gasteiger partial charge in [-0.3, -0.25) is 0 Å². The molecule has 2 atom stereocenters. The maximum absolute atomic E-state index is 5.77. The molecule has 1 aromatic rings. The van der Waals surface area contributed by atoms with Gasteiger partial charge in [-0.1, -0.05) is 31.2 Å². The van der Waals surface area contributed by atoms with Crippen LogP contribution in [0.15, 0.2) is 24.3 Å². The van der Waals surface area contributed by atoms with Crippen molar-refractivity contribution in [2.75, 3.05) is 6.54 Å². The first-order valence-corrected chi connectivity index (χ1v) is 6.72. The summed E-state index contributed by atoms with van der Waals surface area (Å²) in [6, 6.07) is 8.85. The molecule has 0 aromatic heterocycles. The highest BCUT2D eigenvalue weighted by atomic mass is 16.5. The van der Waals surface area contributed by atoms with Crippen molar-refractivity contribution in [3.05, 3.63) is 35.4 Å². The van der Waals surface area contributed by atoms with E-state index in [2.05, 4.69) is 43.4 Å². The molecule has 17 heavy (non-hydrogen) atoms. The molecule has 0 spiro atoms. The molecule has 2 heteroatoms. The van der Waals surface area contributed by atoms with Gasteiger partial charge in [-0.15, -0.1) is 0 Å². The van der Waals surface area contributed by atoms with Crippen LogP contribution in [0.2, 0.25) is 0 Å². The minimum Gasteiger partial charge on any atom is -0.374 e. The topological polar surface area (TPSA) is 21.3 Å². The molecular weight excluding hydrogens is 210 g/mol. The molecule has 1 heterocycles. The molecule has 0 aliphatic carbocycles. The molecular formula is C15H23NO. The number of benzene rings is 1. The van der Waals surface area contributed by atoms with Gasteiger partial charge in [0.25, 0.3) is 0 Å². The molecule has 1 aliphatic heterocycles. The van der Waals surface area contributed by atoms with Gasteiger partial charge in [-0.05, 0) is 37.3 Å². The van der Waals surface area contributed by atoms with Crippen molar-refractivity contribution in [2.24, 2.45) is 0 Å². The van der Waals surface area contributed by atoms with Gasteiger partial charge in [-0.25, -0.2) is 0 Å². The lowest BCUT2D eigenvalue weighted by molar-refractivity contribution is 0.0559. The minimum atomic E-state index is 0.417. The summed E-state index contributed by atoms with van der Waals surface area (Å²) >= 11 is 0. The van der Waals surface area contributed by atoms with E-state index >= 15 is 0 Å². The Morgan fingerprint density at radius 3 is 2.47 bits per heavy atom. The second kappa shape index (κ2) is 6.18. The number of ether oxygens (including phenoxy) is 1. The lowest BCUT2D eigenvalue weighted by Gasteiger charge is -2.12. The third kappa shape index (κ3) is 3.83. The molecule has 0 radical (unpaired) electrons. The Morgan fingerprint density at radius 1 is 1.18 bits per heavy atom. The first-order chi connectivity index (χ1) is 8.28. The predicted octanol–water partition coefficient (Wildman–Crippen LogP) is 2.91. The van der Waals surface area contributed by atoms with Crippen LogP contribution in [0.4, 0.5) is 0 Å². The van der Waals surface area contributed by atoms with Crippen molar-refractivity contribution in [1.82, 2.24) is 5.32 Å². The SMILES string of the molecule is CCc1ccc(CNCC2CCC(C)O2)cc1. The molecule has 0 saturated carbocycles. The van der Waals surface area contributed by atoms with Crippen LogP contribution >= 0.6 is 0 Å². The van der Waals surface area contributed by atoms with Gasteiger partial charge < -0.3 is 10.1 Å². The average Bonchev–Trinajstić information content (AvgIpc) is 2.76. The van der Waals surface area contributed by atoms with Crippen LogP contribution in [0.25, 0.3) is 0 Å². The summed E-state index contributed by atoms with van der Waals surface area (Å²) in [7, 11) is 0. The fourth-order valence-electron chi connectivity index (χ4n) is 2.31. The second-order valence-electron chi connectivity index (χ2n) is 4.95. The predicted molar refractivity (Wildman–Crippen MR) is 71.1 cm³/mol. The van der Waals surface area contributed by atoms with Gasteiger partial charge >= 0.3 is 0 Å². The van der Waals surface area contributed by atoms with Crippen LogP contribution < -0.4 is 5.32 Å². The Hall–Kier alpha value is -0.860. The lowest BCUT2D eigenvalue weighted by Crippen LogP contribution is -2.26. The molecule has 1 aliphatic rings. The van der Waals surface area contributed by atoms with E-state index in [0.29, 0.717) is 12.2 Å². The van der Waals surface area contributed by atoms with Gasteiger partial charge in [0.05, 0.1) is 12.2 Å². The van der Waals surface area contributed by atoms with Crippen molar-refractivity contribution >= 4 is 0 Å². The highest BCUT2D eigenvalue weighted by Crippen LogP contribution is 2.18. The molecule has 94 valence electrons. The number of hydrogen-bond donors (Lipinski definition) is 1. The molecule has 0 bridgehead atoms. The van der Waals surface area contributed by atoms with Crippen LogP contribution in [-0.2, 0) is 17.7 Å². The van der Waals surface area contributed by atoms with E-state index in [9.17, 15) is 0 Å². The highest BCUT2D eigenvalue weighted by Gasteiger charge is 2.20. The first kappa shape index (κ1) is 12.6. The van der Waals surface area contributed by atoms with E-state index < -0.39 is 0 Å². The maximum atomic E-state index is 5.77.